The highest BCUT2D eigenvalue weighted by Crippen LogP contribution is 2.75. The Labute approximate surface area is 249 Å². The summed E-state index contributed by atoms with van der Waals surface area (Å²) >= 11 is 0. The fourth-order valence-electron chi connectivity index (χ4n) is 11.8. The fraction of sp³-hybridized carbons (Fsp3) is 0.839. The lowest BCUT2D eigenvalue weighted by Crippen LogP contribution is -2.77. The molecular formula is C31H43NO11. The van der Waals surface area contributed by atoms with E-state index in [1.165, 1.54) is 20.8 Å². The van der Waals surface area contributed by atoms with Gasteiger partial charge in [0.2, 0.25) is 0 Å². The van der Waals surface area contributed by atoms with Gasteiger partial charge in [0.15, 0.2) is 5.60 Å². The molecule has 7 rings (SSSR count). The number of ketones is 1. The maximum Gasteiger partial charge on any atom is 0.343 e. The van der Waals surface area contributed by atoms with Crippen LogP contribution in [0.2, 0.25) is 0 Å². The Morgan fingerprint density at radius 3 is 2.26 bits per heavy atom. The number of fused-ring (bicyclic) bond motifs is 10. The molecule has 238 valence electrons. The highest BCUT2D eigenvalue weighted by molar-refractivity contribution is 5.87. The molecule has 4 saturated carbocycles. The van der Waals surface area contributed by atoms with Gasteiger partial charge in [-0.25, -0.2) is 4.79 Å². The second-order valence-corrected chi connectivity index (χ2v) is 15.1. The molecule has 6 fully saturated rings. The summed E-state index contributed by atoms with van der Waals surface area (Å²) in [4.78, 5) is 39.8. The first-order valence-corrected chi connectivity index (χ1v) is 15.4. The predicted octanol–water partition coefficient (Wildman–Crippen LogP) is -0.972. The smallest absolute Gasteiger partial charge is 0.343 e. The maximum atomic E-state index is 14.2. The monoisotopic (exact) mass is 605 g/mol. The van der Waals surface area contributed by atoms with Crippen LogP contribution in [0.4, 0.5) is 0 Å². The number of epoxide rings is 1. The lowest BCUT2D eigenvalue weighted by molar-refractivity contribution is -0.276. The highest BCUT2D eigenvalue weighted by atomic mass is 16.6. The van der Waals surface area contributed by atoms with Crippen molar-refractivity contribution in [2.75, 3.05) is 0 Å². The van der Waals surface area contributed by atoms with E-state index in [1.54, 1.807) is 26.8 Å². The Morgan fingerprint density at radius 1 is 1.00 bits per heavy atom. The summed E-state index contributed by atoms with van der Waals surface area (Å²) in [5.41, 5.74) is 0.303. The molecule has 7 N–H and O–H groups in total. The average Bonchev–Trinajstić information content (AvgIpc) is 3.60. The minimum atomic E-state index is -2.08. The van der Waals surface area contributed by atoms with E-state index in [9.17, 15) is 39.9 Å². The number of aliphatic hydroxyl groups excluding tert-OH is 4. The molecular weight excluding hydrogens is 562 g/mol. The molecule has 5 aliphatic carbocycles. The minimum Gasteiger partial charge on any atom is -0.459 e. The summed E-state index contributed by atoms with van der Waals surface area (Å²) in [5, 5.41) is 60.4. The second kappa shape index (κ2) is 8.65. The van der Waals surface area contributed by atoms with E-state index in [-0.39, 0.29) is 11.9 Å². The first-order chi connectivity index (χ1) is 19.9. The standard InChI is InChI=1S/C31H43NO11/c1-9-7-14-29(5,30(6,40)27(39)43-14)19-16(9)31(10(2)33)17(22(19)36)15-18(24(26(31)38)41-11(3)34)28(4)12(20(32)21(15)35)8-13-23(42-13)25(28)37/h7,9,12-13,15-26,35-38,40H,8,32H2,1-6H3/t9-,12?,13+,15+,16+,17-,18-,19+,20+,21-,22-,23+,24+,25+,26+,28+,29+,30-,31-/m1/s1. The summed E-state index contributed by atoms with van der Waals surface area (Å²) in [6.07, 6.45) is -5.43. The number of carbonyl (C=O) groups is 3. The molecule has 12 heteroatoms. The van der Waals surface area contributed by atoms with Gasteiger partial charge in [-0.05, 0) is 56.9 Å². The largest absolute Gasteiger partial charge is 0.459 e. The molecule has 7 aliphatic rings. The van der Waals surface area contributed by atoms with Crippen LogP contribution in [-0.4, -0.2) is 97.6 Å². The third-order valence-corrected chi connectivity index (χ3v) is 13.7. The van der Waals surface area contributed by atoms with Crippen LogP contribution in [0.1, 0.15) is 48.0 Å². The molecule has 43 heavy (non-hydrogen) atoms. The predicted molar refractivity (Wildman–Crippen MR) is 145 cm³/mol. The average molecular weight is 606 g/mol. The number of hydrogen-bond acceptors (Lipinski definition) is 12. The zero-order valence-electron chi connectivity index (χ0n) is 25.2. The van der Waals surface area contributed by atoms with Crippen LogP contribution in [0.3, 0.4) is 0 Å². The van der Waals surface area contributed by atoms with Gasteiger partial charge >= 0.3 is 11.9 Å². The molecule has 2 heterocycles. The molecule has 0 bridgehead atoms. The molecule has 2 aliphatic heterocycles. The van der Waals surface area contributed by atoms with E-state index in [0.29, 0.717) is 6.42 Å². The lowest BCUT2D eigenvalue weighted by atomic mass is 9.40. The molecule has 0 aromatic carbocycles. The normalized spacial score (nSPS) is 61.1. The Kier molecular flexibility index (Phi) is 5.99. The van der Waals surface area contributed by atoms with Gasteiger partial charge < -0.3 is 45.5 Å². The number of rotatable bonds is 2. The number of ether oxygens (including phenoxy) is 3. The maximum absolute atomic E-state index is 14.2. The number of allylic oxidation sites excluding steroid dienone is 1. The summed E-state index contributed by atoms with van der Waals surface area (Å²) in [6.45, 7) is 9.05. The number of aliphatic hydroxyl groups is 5. The van der Waals surface area contributed by atoms with Crippen LogP contribution in [0.25, 0.3) is 0 Å². The number of hydrogen-bond donors (Lipinski definition) is 6. The van der Waals surface area contributed by atoms with Crippen molar-refractivity contribution >= 4 is 17.7 Å². The van der Waals surface area contributed by atoms with Crippen molar-refractivity contribution in [3.05, 3.63) is 11.8 Å². The van der Waals surface area contributed by atoms with Crippen molar-refractivity contribution in [2.24, 2.45) is 63.4 Å². The van der Waals surface area contributed by atoms with Gasteiger partial charge in [0.1, 0.15) is 29.9 Å². The SMILES string of the molecule is CC(=O)O[C@H]1[C@H]2[C@@H]([C@@H](O)[C@@H](N)C3C[C@@H]4O[C@@H]4[C@H](O)[C@@]32C)[C@@H]2[C@@H](O)[C@@H]3[C@H]([C@H](C)C=C4OC(=O)[C@@](C)(O)[C@@]43C)[C@@]2(C(C)=O)[C@H]1O. The molecule has 0 spiro atoms. The summed E-state index contributed by atoms with van der Waals surface area (Å²) < 4.78 is 17.2. The number of Topliss-reactive ketones (excluding diaryl/α,β-unsaturated/α-hetero) is 1. The van der Waals surface area contributed by atoms with Crippen molar-refractivity contribution in [2.45, 2.75) is 102 Å². The lowest BCUT2D eigenvalue weighted by Gasteiger charge is -2.66. The van der Waals surface area contributed by atoms with Gasteiger partial charge in [-0.15, -0.1) is 0 Å². The van der Waals surface area contributed by atoms with Crippen LogP contribution in [-0.2, 0) is 28.6 Å². The van der Waals surface area contributed by atoms with Crippen LogP contribution in [0, 0.1) is 57.7 Å². The Hall–Kier alpha value is -1.93. The summed E-state index contributed by atoms with van der Waals surface area (Å²) in [6, 6.07) is -0.889. The fourth-order valence-corrected chi connectivity index (χ4v) is 11.8. The third kappa shape index (κ3) is 3.09. The van der Waals surface area contributed by atoms with Gasteiger partial charge in [-0.2, -0.15) is 0 Å². The van der Waals surface area contributed by atoms with Crippen LogP contribution in [0.15, 0.2) is 11.8 Å². The van der Waals surface area contributed by atoms with Crippen LogP contribution < -0.4 is 5.73 Å². The van der Waals surface area contributed by atoms with E-state index in [1.807, 2.05) is 0 Å². The third-order valence-electron chi connectivity index (χ3n) is 13.7. The molecule has 0 radical (unpaired) electrons. The Balaban J connectivity index is 1.49. The van der Waals surface area contributed by atoms with Gasteiger partial charge in [-0.3, -0.25) is 9.59 Å². The first kappa shape index (κ1) is 29.8. The van der Waals surface area contributed by atoms with E-state index < -0.39 is 124 Å². The van der Waals surface area contributed by atoms with Gasteiger partial charge in [0.25, 0.3) is 0 Å². The number of carbonyl (C=O) groups excluding carboxylic acids is 3. The Bertz CT molecular complexity index is 1330. The van der Waals surface area contributed by atoms with Gasteiger partial charge in [0.05, 0.1) is 35.2 Å². The highest BCUT2D eigenvalue weighted by Gasteiger charge is 2.83. The molecule has 0 aromatic rings. The molecule has 12 nitrogen and oxygen atoms in total. The molecule has 0 aromatic heterocycles. The quantitative estimate of drug-likeness (QED) is 0.166. The van der Waals surface area contributed by atoms with Crippen LogP contribution in [0.5, 0.6) is 0 Å². The Morgan fingerprint density at radius 2 is 1.65 bits per heavy atom. The van der Waals surface area contributed by atoms with Crippen molar-refractivity contribution in [3.63, 3.8) is 0 Å². The summed E-state index contributed by atoms with van der Waals surface area (Å²) in [7, 11) is 0. The van der Waals surface area contributed by atoms with E-state index in [0.717, 1.165) is 0 Å². The van der Waals surface area contributed by atoms with Crippen molar-refractivity contribution < 1.29 is 54.1 Å². The zero-order chi connectivity index (χ0) is 31.5. The van der Waals surface area contributed by atoms with Crippen molar-refractivity contribution in [1.29, 1.82) is 0 Å². The number of esters is 2. The van der Waals surface area contributed by atoms with E-state index in [4.69, 9.17) is 19.9 Å². The van der Waals surface area contributed by atoms with Crippen molar-refractivity contribution in [1.82, 2.24) is 0 Å². The molecule has 19 atom stereocenters. The molecule has 2 saturated heterocycles. The molecule has 1 unspecified atom stereocenters. The van der Waals surface area contributed by atoms with E-state index in [2.05, 4.69) is 0 Å². The van der Waals surface area contributed by atoms with Gasteiger partial charge in [-0.1, -0.05) is 13.8 Å². The zero-order valence-corrected chi connectivity index (χ0v) is 25.2. The molecule has 0 amide bonds. The number of nitrogens with two attached hydrogens (primary N) is 1. The topological polar surface area (TPSA) is 209 Å². The minimum absolute atomic E-state index is 0.183. The first-order valence-electron chi connectivity index (χ1n) is 15.4. The van der Waals surface area contributed by atoms with Gasteiger partial charge in [0, 0.05) is 36.1 Å². The second-order valence-electron chi connectivity index (χ2n) is 15.1. The van der Waals surface area contributed by atoms with Crippen LogP contribution >= 0.6 is 0 Å². The van der Waals surface area contributed by atoms with E-state index >= 15 is 0 Å². The summed E-state index contributed by atoms with van der Waals surface area (Å²) in [5.74, 6) is -7.81. The van der Waals surface area contributed by atoms with Crippen molar-refractivity contribution in [3.8, 4) is 0 Å².